The molecule has 7 nitrogen and oxygen atoms in total. The van der Waals surface area contributed by atoms with Gasteiger partial charge in [-0.25, -0.2) is 19.9 Å². The zero-order valence-corrected chi connectivity index (χ0v) is 19.3. The van der Waals surface area contributed by atoms with Gasteiger partial charge in [-0.05, 0) is 68.3 Å². The maximum atomic E-state index is 13.7. The van der Waals surface area contributed by atoms with Crippen LogP contribution >= 0.6 is 0 Å². The maximum absolute atomic E-state index is 13.7. The Hall–Kier alpha value is -4.08. The molecule has 35 heavy (non-hydrogen) atoms. The lowest BCUT2D eigenvalue weighted by Gasteiger charge is -2.29. The molecule has 0 radical (unpaired) electrons. The minimum absolute atomic E-state index is 0.0201. The molecule has 0 fully saturated rings. The van der Waals surface area contributed by atoms with E-state index in [9.17, 15) is 18.0 Å². The van der Waals surface area contributed by atoms with E-state index in [0.717, 1.165) is 17.0 Å². The quantitative estimate of drug-likeness (QED) is 0.430. The van der Waals surface area contributed by atoms with Gasteiger partial charge in [0.1, 0.15) is 17.3 Å². The standard InChI is InChI=1S/C25H23F3N6O/c1-14-11-19-12-17(5-7-20(19)33-22(14)29)24(35)34(16(3)23-30-9-4-10-31-23)13-18-6-8-21(25(26,27)28)32-15(18)2/h4-12,16H,13H2,1-3H3,(H2,29,33)/t16-/m1/s1. The van der Waals surface area contributed by atoms with Crippen molar-refractivity contribution in [1.29, 1.82) is 0 Å². The zero-order chi connectivity index (χ0) is 25.3. The SMILES string of the molecule is Cc1cc2cc(C(=O)N(Cc3ccc(C(F)(F)F)nc3C)[C@H](C)c3ncccn3)ccc2nc1N. The van der Waals surface area contributed by atoms with Gasteiger partial charge in [-0.15, -0.1) is 0 Å². The smallest absolute Gasteiger partial charge is 0.383 e. The summed E-state index contributed by atoms with van der Waals surface area (Å²) in [5, 5.41) is 0.749. The third-order valence-corrected chi connectivity index (χ3v) is 5.81. The Morgan fingerprint density at radius 3 is 2.43 bits per heavy atom. The van der Waals surface area contributed by atoms with Crippen molar-refractivity contribution in [1.82, 2.24) is 24.8 Å². The Bertz CT molecular complexity index is 1390. The molecule has 0 bridgehead atoms. The van der Waals surface area contributed by atoms with Crippen molar-refractivity contribution in [2.45, 2.75) is 39.5 Å². The van der Waals surface area contributed by atoms with Crippen LogP contribution in [0.1, 0.15) is 51.7 Å². The lowest BCUT2D eigenvalue weighted by atomic mass is 10.1. The van der Waals surface area contributed by atoms with Gasteiger partial charge in [0.05, 0.1) is 11.6 Å². The van der Waals surface area contributed by atoms with Gasteiger partial charge >= 0.3 is 6.18 Å². The summed E-state index contributed by atoms with van der Waals surface area (Å²) >= 11 is 0. The number of nitrogens with zero attached hydrogens (tertiary/aromatic N) is 5. The van der Waals surface area contributed by atoms with Gasteiger partial charge in [-0.3, -0.25) is 4.79 Å². The summed E-state index contributed by atoms with van der Waals surface area (Å²) in [6.07, 6.45) is -1.41. The monoisotopic (exact) mass is 480 g/mol. The first-order valence-corrected chi connectivity index (χ1v) is 10.8. The van der Waals surface area contributed by atoms with Gasteiger partial charge in [0.25, 0.3) is 5.91 Å². The summed E-state index contributed by atoms with van der Waals surface area (Å²) in [7, 11) is 0. The largest absolute Gasteiger partial charge is 0.433 e. The average molecular weight is 480 g/mol. The fourth-order valence-electron chi connectivity index (χ4n) is 3.74. The van der Waals surface area contributed by atoms with Crippen molar-refractivity contribution in [2.75, 3.05) is 5.73 Å². The summed E-state index contributed by atoms with van der Waals surface area (Å²) in [4.78, 5) is 31.8. The second-order valence-corrected chi connectivity index (χ2v) is 8.25. The highest BCUT2D eigenvalue weighted by atomic mass is 19.4. The minimum Gasteiger partial charge on any atom is -0.383 e. The molecule has 1 amide bonds. The predicted molar refractivity (Wildman–Crippen MR) is 125 cm³/mol. The number of benzene rings is 1. The van der Waals surface area contributed by atoms with Crippen LogP contribution in [0.15, 0.2) is 54.9 Å². The Morgan fingerprint density at radius 2 is 1.77 bits per heavy atom. The van der Waals surface area contributed by atoms with Gasteiger partial charge in [0.15, 0.2) is 0 Å². The molecular weight excluding hydrogens is 457 g/mol. The molecule has 0 saturated carbocycles. The molecule has 10 heteroatoms. The summed E-state index contributed by atoms with van der Waals surface area (Å²) in [6, 6.07) is 10.3. The van der Waals surface area contributed by atoms with Crippen LogP contribution in [0.2, 0.25) is 0 Å². The van der Waals surface area contributed by atoms with Crippen LogP contribution in [0.25, 0.3) is 10.9 Å². The number of carbonyl (C=O) groups excluding carboxylic acids is 1. The number of halogens is 3. The van der Waals surface area contributed by atoms with Gasteiger partial charge in [-0.2, -0.15) is 13.2 Å². The van der Waals surface area contributed by atoms with E-state index in [1.807, 2.05) is 13.0 Å². The Balaban J connectivity index is 1.74. The first kappa shape index (κ1) is 24.1. The molecule has 3 aromatic heterocycles. The molecule has 3 heterocycles. The van der Waals surface area contributed by atoms with E-state index in [4.69, 9.17) is 5.73 Å². The summed E-state index contributed by atoms with van der Waals surface area (Å²) in [5.41, 5.74) is 7.42. The van der Waals surface area contributed by atoms with Crippen molar-refractivity contribution < 1.29 is 18.0 Å². The number of carbonyl (C=O) groups is 1. The number of nitrogens with two attached hydrogens (primary N) is 1. The van der Waals surface area contributed by atoms with Crippen molar-refractivity contribution >= 4 is 22.6 Å². The normalized spacial score (nSPS) is 12.5. The molecule has 2 N–H and O–H groups in total. The first-order valence-electron chi connectivity index (χ1n) is 10.8. The van der Waals surface area contributed by atoms with E-state index in [1.165, 1.54) is 17.9 Å². The molecule has 1 atom stereocenters. The van der Waals surface area contributed by atoms with Crippen LogP contribution in [0.3, 0.4) is 0 Å². The Kier molecular flexibility index (Phi) is 6.38. The number of hydrogen-bond acceptors (Lipinski definition) is 6. The summed E-state index contributed by atoms with van der Waals surface area (Å²) in [6.45, 7) is 5.11. The highest BCUT2D eigenvalue weighted by Gasteiger charge is 2.33. The lowest BCUT2D eigenvalue weighted by molar-refractivity contribution is -0.141. The van der Waals surface area contributed by atoms with E-state index in [0.29, 0.717) is 28.3 Å². The Morgan fingerprint density at radius 1 is 1.06 bits per heavy atom. The molecule has 4 aromatic rings. The van der Waals surface area contributed by atoms with E-state index in [-0.39, 0.29) is 18.1 Å². The number of amides is 1. The Labute approximate surface area is 199 Å². The number of fused-ring (bicyclic) bond motifs is 1. The highest BCUT2D eigenvalue weighted by molar-refractivity contribution is 5.98. The van der Waals surface area contributed by atoms with Gasteiger partial charge in [0.2, 0.25) is 0 Å². The molecule has 1 aromatic carbocycles. The molecule has 0 spiro atoms. The van der Waals surface area contributed by atoms with Gasteiger partial charge in [0, 0.05) is 35.6 Å². The molecular formula is C25H23F3N6O. The molecule has 180 valence electrons. The number of anilines is 1. The molecule has 0 saturated heterocycles. The van der Waals surface area contributed by atoms with Crippen molar-refractivity contribution in [2.24, 2.45) is 0 Å². The van der Waals surface area contributed by atoms with Crippen LogP contribution in [-0.4, -0.2) is 30.7 Å². The predicted octanol–water partition coefficient (Wildman–Crippen LogP) is 5.04. The summed E-state index contributed by atoms with van der Waals surface area (Å²) < 4.78 is 39.3. The molecule has 4 rings (SSSR count). The number of rotatable bonds is 5. The number of aromatic nitrogens is 4. The third kappa shape index (κ3) is 5.06. The third-order valence-electron chi connectivity index (χ3n) is 5.81. The molecule has 0 aliphatic carbocycles. The maximum Gasteiger partial charge on any atom is 0.433 e. The lowest BCUT2D eigenvalue weighted by Crippen LogP contribution is -2.34. The second kappa shape index (κ2) is 9.28. The van der Waals surface area contributed by atoms with E-state index >= 15 is 0 Å². The van der Waals surface area contributed by atoms with E-state index in [1.54, 1.807) is 43.6 Å². The van der Waals surface area contributed by atoms with E-state index < -0.39 is 17.9 Å². The van der Waals surface area contributed by atoms with Crippen molar-refractivity contribution in [3.63, 3.8) is 0 Å². The fraction of sp³-hybridized carbons (Fsp3) is 0.240. The number of aryl methyl sites for hydroxylation is 2. The zero-order valence-electron chi connectivity index (χ0n) is 19.3. The van der Waals surface area contributed by atoms with Crippen molar-refractivity contribution in [3.05, 3.63) is 88.8 Å². The first-order chi connectivity index (χ1) is 16.5. The van der Waals surface area contributed by atoms with Crippen molar-refractivity contribution in [3.8, 4) is 0 Å². The summed E-state index contributed by atoms with van der Waals surface area (Å²) in [5.74, 6) is 0.489. The van der Waals surface area contributed by atoms with Crippen LogP contribution in [0.4, 0.5) is 19.0 Å². The van der Waals surface area contributed by atoms with Gasteiger partial charge < -0.3 is 10.6 Å². The molecule has 0 unspecified atom stereocenters. The minimum atomic E-state index is -4.55. The van der Waals surface area contributed by atoms with Crippen LogP contribution in [0.5, 0.6) is 0 Å². The molecule has 0 aliphatic rings. The number of alkyl halides is 3. The van der Waals surface area contributed by atoms with Crippen LogP contribution < -0.4 is 5.73 Å². The second-order valence-electron chi connectivity index (χ2n) is 8.25. The number of nitrogen functional groups attached to an aromatic ring is 1. The van der Waals surface area contributed by atoms with Crippen LogP contribution in [0, 0.1) is 13.8 Å². The fourth-order valence-corrected chi connectivity index (χ4v) is 3.74. The highest BCUT2D eigenvalue weighted by Crippen LogP contribution is 2.30. The van der Waals surface area contributed by atoms with Gasteiger partial charge in [-0.1, -0.05) is 6.07 Å². The molecule has 0 aliphatic heterocycles. The number of hydrogen-bond donors (Lipinski definition) is 1. The van der Waals surface area contributed by atoms with Crippen LogP contribution in [-0.2, 0) is 12.7 Å². The topological polar surface area (TPSA) is 97.9 Å². The van der Waals surface area contributed by atoms with E-state index in [2.05, 4.69) is 19.9 Å². The average Bonchev–Trinajstić information content (AvgIpc) is 2.83. The number of pyridine rings is 2.